The first-order valence-corrected chi connectivity index (χ1v) is 5.85. The molecule has 0 atom stereocenters. The van der Waals surface area contributed by atoms with E-state index in [1.165, 1.54) is 50.4 Å². The van der Waals surface area contributed by atoms with Crippen LogP contribution in [-0.2, 0) is 4.79 Å². The van der Waals surface area contributed by atoms with Crippen LogP contribution < -0.4 is 4.74 Å². The predicted molar refractivity (Wildman–Crippen MR) is 70.2 cm³/mol. The summed E-state index contributed by atoms with van der Waals surface area (Å²) in [6, 6.07) is 5.46. The van der Waals surface area contributed by atoms with Gasteiger partial charge in [-0.25, -0.2) is 0 Å². The van der Waals surface area contributed by atoms with Crippen molar-refractivity contribution in [2.45, 2.75) is 6.18 Å². The SMILES string of the molecule is COc1ccc(C(=O)/C(=C\N(C)C)C(=O)C(F)(F)F)cc1. The van der Waals surface area contributed by atoms with Crippen molar-refractivity contribution in [3.63, 3.8) is 0 Å². The maximum absolute atomic E-state index is 12.6. The molecule has 0 aliphatic carbocycles. The summed E-state index contributed by atoms with van der Waals surface area (Å²) in [7, 11) is 4.26. The second kappa shape index (κ2) is 6.43. The Morgan fingerprint density at radius 3 is 2.05 bits per heavy atom. The van der Waals surface area contributed by atoms with Gasteiger partial charge in [-0.2, -0.15) is 13.2 Å². The molecule has 0 aliphatic rings. The van der Waals surface area contributed by atoms with Crippen molar-refractivity contribution in [1.82, 2.24) is 4.90 Å². The number of Topliss-reactive ketones (excluding diaryl/α,β-unsaturated/α-hetero) is 2. The quantitative estimate of drug-likeness (QED) is 0.363. The van der Waals surface area contributed by atoms with Crippen molar-refractivity contribution >= 4 is 11.6 Å². The highest BCUT2D eigenvalue weighted by molar-refractivity contribution is 6.27. The van der Waals surface area contributed by atoms with Crippen LogP contribution in [-0.4, -0.2) is 43.8 Å². The molecule has 0 N–H and O–H groups in total. The number of benzene rings is 1. The van der Waals surface area contributed by atoms with Crippen LogP contribution in [0.1, 0.15) is 10.4 Å². The number of allylic oxidation sites excluding steroid dienone is 1. The lowest BCUT2D eigenvalue weighted by molar-refractivity contribution is -0.166. The number of nitrogens with zero attached hydrogens (tertiary/aromatic N) is 1. The third kappa shape index (κ3) is 4.34. The summed E-state index contributed by atoms with van der Waals surface area (Å²) in [6.45, 7) is 0. The van der Waals surface area contributed by atoms with E-state index in [9.17, 15) is 22.8 Å². The largest absolute Gasteiger partial charge is 0.497 e. The van der Waals surface area contributed by atoms with E-state index in [1.54, 1.807) is 0 Å². The molecular weight excluding hydrogens is 287 g/mol. The monoisotopic (exact) mass is 301 g/mol. The van der Waals surface area contributed by atoms with Crippen LogP contribution in [0.4, 0.5) is 13.2 Å². The number of alkyl halides is 3. The highest BCUT2D eigenvalue weighted by Crippen LogP contribution is 2.24. The van der Waals surface area contributed by atoms with Crippen LogP contribution in [0.5, 0.6) is 5.75 Å². The summed E-state index contributed by atoms with van der Waals surface area (Å²) in [6.07, 6.45) is -4.24. The van der Waals surface area contributed by atoms with Crippen molar-refractivity contribution < 1.29 is 27.5 Å². The Morgan fingerprint density at radius 1 is 1.14 bits per heavy atom. The topological polar surface area (TPSA) is 46.6 Å². The van der Waals surface area contributed by atoms with Crippen LogP contribution in [0.15, 0.2) is 36.0 Å². The Bertz CT molecular complexity index is 560. The van der Waals surface area contributed by atoms with Crippen LogP contribution in [0.25, 0.3) is 0 Å². The molecule has 114 valence electrons. The van der Waals surface area contributed by atoms with Crippen molar-refractivity contribution in [3.8, 4) is 5.75 Å². The number of hydrogen-bond donors (Lipinski definition) is 0. The predicted octanol–water partition coefficient (Wildman–Crippen LogP) is 2.45. The number of carbonyl (C=O) groups excluding carboxylic acids is 2. The maximum Gasteiger partial charge on any atom is 0.455 e. The van der Waals surface area contributed by atoms with E-state index in [1.807, 2.05) is 0 Å². The van der Waals surface area contributed by atoms with Gasteiger partial charge in [-0.05, 0) is 24.3 Å². The van der Waals surface area contributed by atoms with Gasteiger partial charge in [0.1, 0.15) is 5.75 Å². The van der Waals surface area contributed by atoms with Gasteiger partial charge in [0.05, 0.1) is 12.7 Å². The first-order chi connectivity index (χ1) is 9.66. The third-order valence-corrected chi connectivity index (χ3v) is 2.49. The molecule has 0 amide bonds. The van der Waals surface area contributed by atoms with Crippen LogP contribution in [0, 0.1) is 0 Å². The minimum absolute atomic E-state index is 0.0264. The van der Waals surface area contributed by atoms with Gasteiger partial charge in [0.25, 0.3) is 5.78 Å². The van der Waals surface area contributed by atoms with E-state index >= 15 is 0 Å². The molecule has 0 unspecified atom stereocenters. The molecule has 0 radical (unpaired) electrons. The lowest BCUT2D eigenvalue weighted by atomic mass is 10.00. The van der Waals surface area contributed by atoms with E-state index in [-0.39, 0.29) is 5.56 Å². The second-order valence-corrected chi connectivity index (χ2v) is 4.39. The lowest BCUT2D eigenvalue weighted by Gasteiger charge is -2.12. The molecule has 1 rings (SSSR count). The summed E-state index contributed by atoms with van der Waals surface area (Å²) in [5, 5.41) is 0. The summed E-state index contributed by atoms with van der Waals surface area (Å²) >= 11 is 0. The molecule has 0 aliphatic heterocycles. The first-order valence-electron chi connectivity index (χ1n) is 5.85. The minimum atomic E-state index is -5.11. The van der Waals surface area contributed by atoms with Gasteiger partial charge in [-0.15, -0.1) is 0 Å². The number of rotatable bonds is 5. The van der Waals surface area contributed by atoms with Gasteiger partial charge in [0.2, 0.25) is 0 Å². The Balaban J connectivity index is 3.20. The zero-order chi connectivity index (χ0) is 16.2. The molecule has 0 spiro atoms. The number of halogens is 3. The molecule has 4 nitrogen and oxygen atoms in total. The van der Waals surface area contributed by atoms with E-state index in [0.717, 1.165) is 6.20 Å². The number of methoxy groups -OCH3 is 1. The Kier molecular flexibility index (Phi) is 5.12. The maximum atomic E-state index is 12.6. The second-order valence-electron chi connectivity index (χ2n) is 4.39. The normalized spacial score (nSPS) is 12.0. The van der Waals surface area contributed by atoms with Crippen molar-refractivity contribution in [2.24, 2.45) is 0 Å². The third-order valence-electron chi connectivity index (χ3n) is 2.49. The first kappa shape index (κ1) is 16.7. The van der Waals surface area contributed by atoms with Crippen LogP contribution in [0.3, 0.4) is 0 Å². The molecule has 0 saturated carbocycles. The molecule has 1 aromatic carbocycles. The molecule has 0 heterocycles. The lowest BCUT2D eigenvalue weighted by Crippen LogP contribution is -2.29. The Morgan fingerprint density at radius 2 is 1.67 bits per heavy atom. The molecular formula is C14H14F3NO3. The van der Waals surface area contributed by atoms with E-state index in [4.69, 9.17) is 4.74 Å². The van der Waals surface area contributed by atoms with Gasteiger partial charge < -0.3 is 9.64 Å². The smallest absolute Gasteiger partial charge is 0.455 e. The molecule has 0 saturated heterocycles. The van der Waals surface area contributed by atoms with Crippen molar-refractivity contribution in [3.05, 3.63) is 41.6 Å². The summed E-state index contributed by atoms with van der Waals surface area (Å²) < 4.78 is 42.6. The fourth-order valence-electron chi connectivity index (χ4n) is 1.53. The van der Waals surface area contributed by atoms with E-state index in [0.29, 0.717) is 5.75 Å². The van der Waals surface area contributed by atoms with Gasteiger partial charge >= 0.3 is 6.18 Å². The van der Waals surface area contributed by atoms with E-state index < -0.39 is 23.3 Å². The van der Waals surface area contributed by atoms with Gasteiger partial charge in [0.15, 0.2) is 5.78 Å². The zero-order valence-electron chi connectivity index (χ0n) is 11.7. The van der Waals surface area contributed by atoms with Gasteiger partial charge in [-0.3, -0.25) is 9.59 Å². The number of carbonyl (C=O) groups is 2. The van der Waals surface area contributed by atoms with Crippen LogP contribution >= 0.6 is 0 Å². The van der Waals surface area contributed by atoms with Crippen LogP contribution in [0.2, 0.25) is 0 Å². The summed E-state index contributed by atoms with van der Waals surface area (Å²) in [5.41, 5.74) is -0.959. The average Bonchev–Trinajstić information content (AvgIpc) is 2.42. The minimum Gasteiger partial charge on any atom is -0.497 e. The molecule has 21 heavy (non-hydrogen) atoms. The Labute approximate surface area is 119 Å². The Hall–Kier alpha value is -2.31. The molecule has 1 aromatic rings. The number of ketones is 2. The number of ether oxygens (including phenoxy) is 1. The van der Waals surface area contributed by atoms with Crippen molar-refractivity contribution in [1.29, 1.82) is 0 Å². The molecule has 0 aromatic heterocycles. The van der Waals surface area contributed by atoms with E-state index in [2.05, 4.69) is 0 Å². The fourth-order valence-corrected chi connectivity index (χ4v) is 1.53. The zero-order valence-corrected chi connectivity index (χ0v) is 11.7. The average molecular weight is 301 g/mol. The summed E-state index contributed by atoms with van der Waals surface area (Å²) in [4.78, 5) is 24.7. The molecule has 7 heteroatoms. The van der Waals surface area contributed by atoms with Gasteiger partial charge in [-0.1, -0.05) is 0 Å². The molecule has 0 fully saturated rings. The highest BCUT2D eigenvalue weighted by atomic mass is 19.4. The summed E-state index contributed by atoms with van der Waals surface area (Å²) in [5.74, 6) is -2.71. The standard InChI is InChI=1S/C14H14F3NO3/c1-18(2)8-11(13(20)14(15,16)17)12(19)9-4-6-10(21-3)7-5-9/h4-8H,1-3H3/b11-8+. The highest BCUT2D eigenvalue weighted by Gasteiger charge is 2.43. The molecule has 0 bridgehead atoms. The van der Waals surface area contributed by atoms with Gasteiger partial charge in [0, 0.05) is 25.9 Å². The van der Waals surface area contributed by atoms with Crippen molar-refractivity contribution in [2.75, 3.05) is 21.2 Å². The fraction of sp³-hybridized carbons (Fsp3) is 0.286. The number of hydrogen-bond acceptors (Lipinski definition) is 4.